The highest BCUT2D eigenvalue weighted by atomic mass is 35.5. The zero-order valence-corrected chi connectivity index (χ0v) is 14.9. The van der Waals surface area contributed by atoms with Crippen molar-refractivity contribution < 1.29 is 18.1 Å². The van der Waals surface area contributed by atoms with Crippen molar-refractivity contribution in [3.63, 3.8) is 0 Å². The van der Waals surface area contributed by atoms with E-state index in [1.54, 1.807) is 0 Å². The van der Waals surface area contributed by atoms with E-state index in [0.717, 1.165) is 6.07 Å². The molecule has 0 atom stereocenters. The Morgan fingerprint density at radius 2 is 1.96 bits per heavy atom. The topological polar surface area (TPSA) is 89.8 Å². The Hall–Kier alpha value is -1.22. The van der Waals surface area contributed by atoms with E-state index in [1.807, 2.05) is 13.8 Å². The van der Waals surface area contributed by atoms with Crippen LogP contribution >= 0.6 is 11.6 Å². The van der Waals surface area contributed by atoms with Crippen molar-refractivity contribution in [1.82, 2.24) is 4.31 Å². The molecule has 0 unspecified atom stereocenters. The number of benzene rings is 1. The van der Waals surface area contributed by atoms with Crippen LogP contribution in [-0.4, -0.2) is 43.9 Å². The molecular weight excluding hydrogens is 344 g/mol. The van der Waals surface area contributed by atoms with E-state index in [9.17, 15) is 18.5 Å². The number of methoxy groups -OCH3 is 1. The summed E-state index contributed by atoms with van der Waals surface area (Å²) in [6.45, 7) is 4.08. The van der Waals surface area contributed by atoms with Crippen LogP contribution in [-0.2, 0) is 14.8 Å². The predicted molar refractivity (Wildman–Crippen MR) is 88.2 cm³/mol. The molecule has 7 nitrogen and oxygen atoms in total. The third-order valence-corrected chi connectivity index (χ3v) is 5.80. The first-order valence-electron chi connectivity index (χ1n) is 7.24. The van der Waals surface area contributed by atoms with Crippen LogP contribution in [0.15, 0.2) is 23.1 Å². The van der Waals surface area contributed by atoms with Gasteiger partial charge in [-0.25, -0.2) is 8.42 Å². The lowest BCUT2D eigenvalue weighted by molar-refractivity contribution is -0.387. The van der Waals surface area contributed by atoms with Gasteiger partial charge in [-0.1, -0.05) is 25.4 Å². The minimum atomic E-state index is -4.04. The molecular formula is C14H21ClN2O5S. The molecule has 0 aromatic heterocycles. The van der Waals surface area contributed by atoms with E-state index in [0.29, 0.717) is 12.8 Å². The number of rotatable bonds is 9. The second-order valence-electron chi connectivity index (χ2n) is 4.95. The van der Waals surface area contributed by atoms with Crippen molar-refractivity contribution in [3.05, 3.63) is 33.3 Å². The number of sulfonamides is 1. The molecule has 9 heteroatoms. The van der Waals surface area contributed by atoms with Gasteiger partial charge in [0.15, 0.2) is 4.90 Å². The number of nitro groups is 1. The summed E-state index contributed by atoms with van der Waals surface area (Å²) in [5.41, 5.74) is -0.522. The highest BCUT2D eigenvalue weighted by Crippen LogP contribution is 2.31. The summed E-state index contributed by atoms with van der Waals surface area (Å²) < 4.78 is 32.2. The first kappa shape index (κ1) is 19.8. The maximum Gasteiger partial charge on any atom is 0.290 e. The van der Waals surface area contributed by atoms with E-state index in [4.69, 9.17) is 16.3 Å². The monoisotopic (exact) mass is 364 g/mol. The Kier molecular flexibility index (Phi) is 7.40. The molecule has 0 saturated heterocycles. The number of halogens is 1. The normalized spacial score (nSPS) is 12.1. The Labute approximate surface area is 141 Å². The zero-order chi connectivity index (χ0) is 17.6. The van der Waals surface area contributed by atoms with Crippen LogP contribution in [0.5, 0.6) is 0 Å². The molecule has 0 spiro atoms. The summed E-state index contributed by atoms with van der Waals surface area (Å²) in [6, 6.07) is 3.31. The van der Waals surface area contributed by atoms with E-state index in [1.165, 1.54) is 23.5 Å². The largest absolute Gasteiger partial charge is 0.383 e. The SMILES string of the molecule is CCC(CC)N(CCOC)S(=O)(=O)c1ccc(Cl)cc1[N+](=O)[O-]. The number of ether oxygens (including phenoxy) is 1. The van der Waals surface area contributed by atoms with Gasteiger partial charge >= 0.3 is 0 Å². The van der Waals surface area contributed by atoms with Gasteiger partial charge in [0.1, 0.15) is 0 Å². The molecule has 0 aliphatic heterocycles. The van der Waals surface area contributed by atoms with Crippen LogP contribution in [0.4, 0.5) is 5.69 Å². The molecule has 0 bridgehead atoms. The van der Waals surface area contributed by atoms with E-state index < -0.39 is 20.6 Å². The maximum atomic E-state index is 13.0. The summed E-state index contributed by atoms with van der Waals surface area (Å²) in [6.07, 6.45) is 1.20. The van der Waals surface area contributed by atoms with Gasteiger partial charge in [0, 0.05) is 30.8 Å². The average Bonchev–Trinajstić information content (AvgIpc) is 2.50. The predicted octanol–water partition coefficient (Wildman–Crippen LogP) is 3.07. The third-order valence-electron chi connectivity index (χ3n) is 3.57. The van der Waals surface area contributed by atoms with Crippen LogP contribution in [0.3, 0.4) is 0 Å². The summed E-state index contributed by atoms with van der Waals surface area (Å²) in [4.78, 5) is 10.1. The fourth-order valence-electron chi connectivity index (χ4n) is 2.35. The summed E-state index contributed by atoms with van der Waals surface area (Å²) in [5.74, 6) is 0. The molecule has 0 radical (unpaired) electrons. The number of hydrogen-bond donors (Lipinski definition) is 0. The average molecular weight is 365 g/mol. The lowest BCUT2D eigenvalue weighted by Gasteiger charge is -2.29. The van der Waals surface area contributed by atoms with E-state index >= 15 is 0 Å². The van der Waals surface area contributed by atoms with Gasteiger partial charge in [0.05, 0.1) is 11.5 Å². The summed E-state index contributed by atoms with van der Waals surface area (Å²) in [5, 5.41) is 11.3. The second-order valence-corrected chi connectivity index (χ2v) is 7.24. The molecule has 1 aromatic carbocycles. The molecule has 23 heavy (non-hydrogen) atoms. The number of hydrogen-bond acceptors (Lipinski definition) is 5. The first-order chi connectivity index (χ1) is 10.8. The van der Waals surface area contributed by atoms with Gasteiger partial charge in [-0.05, 0) is 25.0 Å². The van der Waals surface area contributed by atoms with Gasteiger partial charge in [0.2, 0.25) is 10.0 Å². The first-order valence-corrected chi connectivity index (χ1v) is 9.06. The fraction of sp³-hybridized carbons (Fsp3) is 0.571. The van der Waals surface area contributed by atoms with Crippen molar-refractivity contribution in [3.8, 4) is 0 Å². The maximum absolute atomic E-state index is 13.0. The second kappa shape index (κ2) is 8.58. The van der Waals surface area contributed by atoms with Gasteiger partial charge in [-0.2, -0.15) is 4.31 Å². The molecule has 0 amide bonds. The van der Waals surface area contributed by atoms with Gasteiger partial charge in [0.25, 0.3) is 5.69 Å². The molecule has 0 heterocycles. The molecule has 0 fully saturated rings. The van der Waals surface area contributed by atoms with Crippen LogP contribution in [0, 0.1) is 10.1 Å². The number of nitro benzene ring substituents is 1. The van der Waals surface area contributed by atoms with Crippen molar-refractivity contribution in [1.29, 1.82) is 0 Å². The molecule has 0 N–H and O–H groups in total. The molecule has 1 aromatic rings. The highest BCUT2D eigenvalue weighted by molar-refractivity contribution is 7.89. The van der Waals surface area contributed by atoms with Crippen molar-refractivity contribution in [2.75, 3.05) is 20.3 Å². The lowest BCUT2D eigenvalue weighted by Crippen LogP contribution is -2.41. The Bertz CT molecular complexity index is 647. The highest BCUT2D eigenvalue weighted by Gasteiger charge is 2.34. The minimum absolute atomic E-state index is 0.113. The Morgan fingerprint density at radius 3 is 2.43 bits per heavy atom. The number of nitrogens with zero attached hydrogens (tertiary/aromatic N) is 2. The summed E-state index contributed by atoms with van der Waals surface area (Å²) >= 11 is 5.76. The van der Waals surface area contributed by atoms with Crippen LogP contribution < -0.4 is 0 Å². The van der Waals surface area contributed by atoms with Crippen molar-refractivity contribution in [2.45, 2.75) is 37.6 Å². The molecule has 1 rings (SSSR count). The van der Waals surface area contributed by atoms with E-state index in [2.05, 4.69) is 0 Å². The smallest absolute Gasteiger partial charge is 0.290 e. The zero-order valence-electron chi connectivity index (χ0n) is 13.4. The summed E-state index contributed by atoms with van der Waals surface area (Å²) in [7, 11) is -2.56. The molecule has 0 saturated carbocycles. The van der Waals surface area contributed by atoms with Gasteiger partial charge in [-0.15, -0.1) is 0 Å². The molecule has 0 aliphatic carbocycles. The lowest BCUT2D eigenvalue weighted by atomic mass is 10.2. The van der Waals surface area contributed by atoms with Crippen molar-refractivity contribution in [2.24, 2.45) is 0 Å². The fourth-order valence-corrected chi connectivity index (χ4v) is 4.42. The Balaban J connectivity index is 3.43. The van der Waals surface area contributed by atoms with E-state index in [-0.39, 0.29) is 29.1 Å². The van der Waals surface area contributed by atoms with Gasteiger partial charge < -0.3 is 4.74 Å². The standard InChI is InChI=1S/C14H21ClN2O5S/c1-4-12(5-2)16(8-9-22-3)23(20,21)14-7-6-11(15)10-13(14)17(18)19/h6-7,10,12H,4-5,8-9H2,1-3H3. The molecule has 130 valence electrons. The minimum Gasteiger partial charge on any atom is -0.383 e. The third kappa shape index (κ3) is 4.63. The Morgan fingerprint density at radius 1 is 1.35 bits per heavy atom. The van der Waals surface area contributed by atoms with Crippen LogP contribution in [0.25, 0.3) is 0 Å². The van der Waals surface area contributed by atoms with Crippen LogP contribution in [0.1, 0.15) is 26.7 Å². The van der Waals surface area contributed by atoms with Gasteiger partial charge in [-0.3, -0.25) is 10.1 Å². The van der Waals surface area contributed by atoms with Crippen molar-refractivity contribution >= 4 is 27.3 Å². The molecule has 0 aliphatic rings. The quantitative estimate of drug-likeness (QED) is 0.496. The van der Waals surface area contributed by atoms with Crippen LogP contribution in [0.2, 0.25) is 5.02 Å².